The smallest absolute Gasteiger partial charge is 0.335 e. The number of carbonyl (C=O) groups is 2. The van der Waals surface area contributed by atoms with Gasteiger partial charge in [-0.05, 0) is 32.0 Å². The summed E-state index contributed by atoms with van der Waals surface area (Å²) in [4.78, 5) is 33.6. The number of nitrogens with one attached hydrogen (secondary N) is 2. The number of hydrogen-bond acceptors (Lipinski definition) is 8. The monoisotopic (exact) mass is 504 g/mol. The third kappa shape index (κ3) is 3.86. The van der Waals surface area contributed by atoms with E-state index < -0.39 is 21.8 Å². The van der Waals surface area contributed by atoms with Crippen LogP contribution in [0.2, 0.25) is 0 Å². The number of benzene rings is 2. The van der Waals surface area contributed by atoms with Gasteiger partial charge in [-0.15, -0.1) is 0 Å². The molecule has 1 aliphatic carbocycles. The molecular weight excluding hydrogens is 484 g/mol. The standard InChI is InChI=1S/C24H20N6O5S/c1-13-12-18(35-3)26-23(25-13)27-24(32)29-36(33,34)17-11-7-10-16-20(17)22(31)19-14(2)28-30(21(16)19)15-8-5-4-6-9-15/h4-12H,1-3H3,(H2,25,26,27,29,32). The van der Waals surface area contributed by atoms with E-state index in [4.69, 9.17) is 4.74 Å². The molecule has 182 valence electrons. The molecule has 0 saturated carbocycles. The number of para-hydroxylation sites is 1. The maximum atomic E-state index is 13.4. The van der Waals surface area contributed by atoms with Crippen molar-refractivity contribution >= 4 is 27.8 Å². The number of ketones is 1. The summed E-state index contributed by atoms with van der Waals surface area (Å²) in [6.45, 7) is 3.36. The third-order valence-corrected chi connectivity index (χ3v) is 6.95. The van der Waals surface area contributed by atoms with E-state index in [2.05, 4.69) is 20.4 Å². The number of nitrogens with zero attached hydrogens (tertiary/aromatic N) is 4. The summed E-state index contributed by atoms with van der Waals surface area (Å²) in [7, 11) is -3.05. The highest BCUT2D eigenvalue weighted by Gasteiger charge is 2.38. The number of methoxy groups -OCH3 is 1. The van der Waals surface area contributed by atoms with E-state index in [0.717, 1.165) is 5.69 Å². The summed E-state index contributed by atoms with van der Waals surface area (Å²) in [6, 6.07) is 14.1. The molecule has 0 fully saturated rings. The van der Waals surface area contributed by atoms with Crippen molar-refractivity contribution in [2.75, 3.05) is 12.4 Å². The average Bonchev–Trinajstić information content (AvgIpc) is 3.34. The molecule has 12 heteroatoms. The van der Waals surface area contributed by atoms with E-state index in [1.165, 1.54) is 19.2 Å². The largest absolute Gasteiger partial charge is 0.481 e. The second-order valence-electron chi connectivity index (χ2n) is 8.00. The first-order valence-corrected chi connectivity index (χ1v) is 12.2. The van der Waals surface area contributed by atoms with Gasteiger partial charge in [0.15, 0.2) is 5.78 Å². The van der Waals surface area contributed by atoms with Crippen molar-refractivity contribution in [1.29, 1.82) is 0 Å². The normalized spacial score (nSPS) is 12.1. The molecule has 2 heterocycles. The van der Waals surface area contributed by atoms with Gasteiger partial charge in [0.2, 0.25) is 11.8 Å². The lowest BCUT2D eigenvalue weighted by Crippen LogP contribution is -2.35. The van der Waals surface area contributed by atoms with Gasteiger partial charge in [0, 0.05) is 17.3 Å². The number of aromatic nitrogens is 4. The molecule has 5 rings (SSSR count). The van der Waals surface area contributed by atoms with Crippen LogP contribution in [0.1, 0.15) is 27.3 Å². The lowest BCUT2D eigenvalue weighted by molar-refractivity contribution is 0.104. The second kappa shape index (κ2) is 8.57. The van der Waals surface area contributed by atoms with Crippen molar-refractivity contribution in [3.8, 4) is 22.8 Å². The molecule has 0 unspecified atom stereocenters. The van der Waals surface area contributed by atoms with Crippen LogP contribution in [-0.2, 0) is 10.0 Å². The Morgan fingerprint density at radius 2 is 1.75 bits per heavy atom. The number of sulfonamides is 1. The summed E-state index contributed by atoms with van der Waals surface area (Å²) in [5.41, 5.74) is 2.91. The minimum absolute atomic E-state index is 0.0218. The summed E-state index contributed by atoms with van der Waals surface area (Å²) in [6.07, 6.45) is 0. The van der Waals surface area contributed by atoms with Gasteiger partial charge in [-0.3, -0.25) is 10.1 Å². The van der Waals surface area contributed by atoms with Gasteiger partial charge in [0.25, 0.3) is 10.0 Å². The first kappa shape index (κ1) is 23.2. The Morgan fingerprint density at radius 1 is 1.00 bits per heavy atom. The Morgan fingerprint density at radius 3 is 2.47 bits per heavy atom. The molecule has 36 heavy (non-hydrogen) atoms. The number of anilines is 1. The first-order valence-electron chi connectivity index (χ1n) is 10.8. The second-order valence-corrected chi connectivity index (χ2v) is 9.65. The van der Waals surface area contributed by atoms with Crippen LogP contribution in [0.4, 0.5) is 10.7 Å². The van der Waals surface area contributed by atoms with Crippen LogP contribution < -0.4 is 14.8 Å². The molecule has 4 aromatic rings. The van der Waals surface area contributed by atoms with Crippen LogP contribution in [0.15, 0.2) is 59.5 Å². The zero-order valence-corrected chi connectivity index (χ0v) is 20.3. The SMILES string of the molecule is COc1cc(C)nc(NC(=O)NS(=O)(=O)c2cccc3c2C(=O)c2c(C)nn(-c4ccccc4)c2-3)n1. The number of amides is 2. The van der Waals surface area contributed by atoms with E-state index in [9.17, 15) is 18.0 Å². The highest BCUT2D eigenvalue weighted by molar-refractivity contribution is 7.90. The highest BCUT2D eigenvalue weighted by Crippen LogP contribution is 2.42. The third-order valence-electron chi connectivity index (χ3n) is 5.58. The minimum atomic E-state index is -4.45. The van der Waals surface area contributed by atoms with Gasteiger partial charge in [-0.2, -0.15) is 10.1 Å². The molecule has 0 radical (unpaired) electrons. The molecule has 2 aromatic carbocycles. The molecule has 0 atom stereocenters. The van der Waals surface area contributed by atoms with Crippen molar-refractivity contribution in [1.82, 2.24) is 24.5 Å². The van der Waals surface area contributed by atoms with Gasteiger partial charge >= 0.3 is 6.03 Å². The Hall–Kier alpha value is -4.58. The van der Waals surface area contributed by atoms with Crippen LogP contribution in [-0.4, -0.2) is 47.1 Å². The molecule has 0 bridgehead atoms. The molecule has 0 aliphatic heterocycles. The molecule has 11 nitrogen and oxygen atoms in total. The number of aryl methyl sites for hydroxylation is 2. The first-order chi connectivity index (χ1) is 17.2. The molecule has 0 spiro atoms. The van der Waals surface area contributed by atoms with Crippen LogP contribution >= 0.6 is 0 Å². The maximum absolute atomic E-state index is 13.4. The van der Waals surface area contributed by atoms with Crippen molar-refractivity contribution in [3.05, 3.63) is 77.1 Å². The number of fused-ring (bicyclic) bond motifs is 3. The fourth-order valence-electron chi connectivity index (χ4n) is 4.12. The Kier molecular flexibility index (Phi) is 5.52. The number of carbonyl (C=O) groups excluding carboxylic acids is 2. The predicted octanol–water partition coefficient (Wildman–Crippen LogP) is 3.01. The Labute approximate surface area is 206 Å². The topological polar surface area (TPSA) is 145 Å². The van der Waals surface area contributed by atoms with E-state index in [-0.39, 0.29) is 22.3 Å². The maximum Gasteiger partial charge on any atom is 0.335 e. The molecule has 2 amide bonds. The summed E-state index contributed by atoms with van der Waals surface area (Å²) >= 11 is 0. The van der Waals surface area contributed by atoms with Crippen LogP contribution in [0, 0.1) is 13.8 Å². The number of rotatable bonds is 5. The van der Waals surface area contributed by atoms with Crippen molar-refractivity contribution in [2.24, 2.45) is 0 Å². The van der Waals surface area contributed by atoms with Gasteiger partial charge < -0.3 is 4.74 Å². The zero-order valence-electron chi connectivity index (χ0n) is 19.4. The van der Waals surface area contributed by atoms with Gasteiger partial charge in [-0.25, -0.2) is 27.6 Å². The van der Waals surface area contributed by atoms with Crippen molar-refractivity contribution in [2.45, 2.75) is 18.7 Å². The predicted molar refractivity (Wildman–Crippen MR) is 130 cm³/mol. The Bertz CT molecular complexity index is 1650. The van der Waals surface area contributed by atoms with E-state index >= 15 is 0 Å². The van der Waals surface area contributed by atoms with Gasteiger partial charge in [0.05, 0.1) is 40.2 Å². The summed E-state index contributed by atoms with van der Waals surface area (Å²) in [5, 5.41) is 6.79. The molecule has 2 N–H and O–H groups in total. The lowest BCUT2D eigenvalue weighted by Gasteiger charge is -2.12. The van der Waals surface area contributed by atoms with Gasteiger partial charge in [0.1, 0.15) is 0 Å². The zero-order chi connectivity index (χ0) is 25.6. The van der Waals surface area contributed by atoms with Crippen LogP contribution in [0.25, 0.3) is 16.9 Å². The van der Waals surface area contributed by atoms with E-state index in [1.54, 1.807) is 30.7 Å². The summed E-state index contributed by atoms with van der Waals surface area (Å²) in [5.74, 6) is -0.416. The minimum Gasteiger partial charge on any atom is -0.481 e. The molecule has 0 saturated heterocycles. The molecule has 2 aromatic heterocycles. The number of ether oxygens (including phenoxy) is 1. The fraction of sp³-hybridized carbons (Fsp3) is 0.125. The van der Waals surface area contributed by atoms with E-state index in [1.807, 2.05) is 35.1 Å². The molecule has 1 aliphatic rings. The summed E-state index contributed by atoms with van der Waals surface area (Å²) < 4.78 is 35.0. The molecular formula is C24H20N6O5S. The van der Waals surface area contributed by atoms with E-state index in [0.29, 0.717) is 28.2 Å². The van der Waals surface area contributed by atoms with Crippen LogP contribution in [0.5, 0.6) is 5.88 Å². The quantitative estimate of drug-likeness (QED) is 0.372. The average molecular weight is 505 g/mol. The Balaban J connectivity index is 1.51. The number of hydrogen-bond donors (Lipinski definition) is 2. The lowest BCUT2D eigenvalue weighted by atomic mass is 10.1. The van der Waals surface area contributed by atoms with Gasteiger partial charge in [-0.1, -0.05) is 30.3 Å². The number of urea groups is 1. The van der Waals surface area contributed by atoms with Crippen molar-refractivity contribution in [3.63, 3.8) is 0 Å². The van der Waals surface area contributed by atoms with Crippen LogP contribution in [0.3, 0.4) is 0 Å². The highest BCUT2D eigenvalue weighted by atomic mass is 32.2. The van der Waals surface area contributed by atoms with Crippen molar-refractivity contribution < 1.29 is 22.7 Å². The fourth-order valence-corrected chi connectivity index (χ4v) is 5.25.